The Morgan fingerprint density at radius 3 is 2.25 bits per heavy atom. The van der Waals surface area contributed by atoms with E-state index in [0.717, 1.165) is 10.8 Å². The maximum absolute atomic E-state index is 13.0. The van der Waals surface area contributed by atoms with E-state index in [1.165, 1.54) is 0 Å². The molecular weight excluding hydrogens is 400 g/mol. The van der Waals surface area contributed by atoms with E-state index >= 15 is 0 Å². The van der Waals surface area contributed by atoms with Gasteiger partial charge in [0, 0.05) is 17.1 Å². The number of para-hydroxylation sites is 1. The van der Waals surface area contributed by atoms with E-state index in [1.54, 1.807) is 24.4 Å². The van der Waals surface area contributed by atoms with Gasteiger partial charge in [0.1, 0.15) is 0 Å². The van der Waals surface area contributed by atoms with Crippen molar-refractivity contribution >= 4 is 33.5 Å². The molecule has 154 valence electrons. The van der Waals surface area contributed by atoms with Crippen LogP contribution in [-0.4, -0.2) is 21.8 Å². The number of amides is 2. The van der Waals surface area contributed by atoms with Crippen LogP contribution >= 0.6 is 0 Å². The molecule has 0 atom stereocenters. The topological polar surface area (TPSA) is 84.0 Å². The molecule has 0 saturated carbocycles. The molecule has 0 unspecified atom stereocenters. The van der Waals surface area contributed by atoms with E-state index in [4.69, 9.17) is 0 Å². The summed E-state index contributed by atoms with van der Waals surface area (Å²) >= 11 is 0. The highest BCUT2D eigenvalue weighted by atomic mass is 16.2. The van der Waals surface area contributed by atoms with Crippen molar-refractivity contribution in [3.05, 3.63) is 108 Å². The third kappa shape index (κ3) is 3.77. The number of carbonyl (C=O) groups excluding carboxylic acids is 2. The van der Waals surface area contributed by atoms with E-state index in [1.807, 2.05) is 72.8 Å². The summed E-state index contributed by atoms with van der Waals surface area (Å²) in [5.74, 6) is -0.831. The van der Waals surface area contributed by atoms with Crippen LogP contribution in [0.2, 0.25) is 0 Å². The van der Waals surface area contributed by atoms with Gasteiger partial charge in [-0.25, -0.2) is 4.98 Å². The monoisotopic (exact) mass is 418 g/mol. The fourth-order valence-electron chi connectivity index (χ4n) is 3.59. The molecule has 2 aromatic heterocycles. The Morgan fingerprint density at radius 2 is 1.41 bits per heavy atom. The van der Waals surface area contributed by atoms with E-state index in [-0.39, 0.29) is 0 Å². The van der Waals surface area contributed by atoms with Crippen molar-refractivity contribution in [2.45, 2.75) is 0 Å². The number of hydrazine groups is 1. The van der Waals surface area contributed by atoms with Crippen LogP contribution in [0.15, 0.2) is 97.2 Å². The molecule has 32 heavy (non-hydrogen) atoms. The largest absolute Gasteiger partial charge is 0.270 e. The predicted molar refractivity (Wildman–Crippen MR) is 124 cm³/mol. The third-order valence-electron chi connectivity index (χ3n) is 5.19. The van der Waals surface area contributed by atoms with Crippen molar-refractivity contribution in [3.8, 4) is 11.4 Å². The second kappa shape index (κ2) is 8.28. The van der Waals surface area contributed by atoms with Gasteiger partial charge in [-0.15, -0.1) is 0 Å². The zero-order chi connectivity index (χ0) is 21.9. The van der Waals surface area contributed by atoms with E-state index < -0.39 is 11.8 Å². The van der Waals surface area contributed by atoms with Crippen molar-refractivity contribution in [3.63, 3.8) is 0 Å². The van der Waals surface area contributed by atoms with Gasteiger partial charge in [0.25, 0.3) is 11.8 Å². The highest BCUT2D eigenvalue weighted by Gasteiger charge is 2.15. The van der Waals surface area contributed by atoms with Crippen LogP contribution in [0.3, 0.4) is 0 Å². The van der Waals surface area contributed by atoms with Crippen LogP contribution in [0.4, 0.5) is 0 Å². The van der Waals surface area contributed by atoms with Crippen LogP contribution in [0, 0.1) is 0 Å². The van der Waals surface area contributed by atoms with Gasteiger partial charge in [-0.2, -0.15) is 0 Å². The van der Waals surface area contributed by atoms with Crippen molar-refractivity contribution in [1.29, 1.82) is 0 Å². The number of pyridine rings is 2. The summed E-state index contributed by atoms with van der Waals surface area (Å²) in [5.41, 5.74) is 7.80. The van der Waals surface area contributed by atoms with Crippen LogP contribution in [0.25, 0.3) is 33.1 Å². The summed E-state index contributed by atoms with van der Waals surface area (Å²) in [6, 6.07) is 27.7. The zero-order valence-corrected chi connectivity index (χ0v) is 16.9. The standard InChI is InChI=1S/C26H18N4O2/c31-25(19-13-12-17-7-1-2-8-18(17)15-19)29-30-26(32)21-16-24(23-11-5-6-14-27-23)28-22-10-4-3-9-20(21)22/h1-16H,(H,29,31)(H,30,32). The predicted octanol–water partition coefficient (Wildman–Crippen LogP) is 4.52. The molecule has 6 nitrogen and oxygen atoms in total. The molecule has 0 aliphatic carbocycles. The average molecular weight is 418 g/mol. The molecular formula is C26H18N4O2. The average Bonchev–Trinajstić information content (AvgIpc) is 2.86. The van der Waals surface area contributed by atoms with Gasteiger partial charge in [-0.1, -0.05) is 54.6 Å². The molecule has 0 saturated heterocycles. The molecule has 0 bridgehead atoms. The van der Waals surface area contributed by atoms with Crippen molar-refractivity contribution in [2.75, 3.05) is 0 Å². The van der Waals surface area contributed by atoms with Crippen LogP contribution in [0.5, 0.6) is 0 Å². The number of hydrogen-bond donors (Lipinski definition) is 2. The molecule has 3 aromatic carbocycles. The number of rotatable bonds is 3. The Hall–Kier alpha value is -4.58. The number of nitrogens with one attached hydrogen (secondary N) is 2. The quantitative estimate of drug-likeness (QED) is 0.422. The Kier molecular flexibility index (Phi) is 5.01. The van der Waals surface area contributed by atoms with Crippen molar-refractivity contribution < 1.29 is 9.59 Å². The van der Waals surface area contributed by atoms with Crippen LogP contribution in [0.1, 0.15) is 20.7 Å². The summed E-state index contributed by atoms with van der Waals surface area (Å²) < 4.78 is 0. The van der Waals surface area contributed by atoms with Crippen LogP contribution < -0.4 is 10.9 Å². The molecule has 0 aliphatic rings. The second-order valence-electron chi connectivity index (χ2n) is 7.26. The summed E-state index contributed by atoms with van der Waals surface area (Å²) in [7, 11) is 0. The molecule has 2 N–H and O–H groups in total. The van der Waals surface area contributed by atoms with E-state index in [2.05, 4.69) is 20.8 Å². The summed E-state index contributed by atoms with van der Waals surface area (Å²) in [5, 5.41) is 2.68. The first-order valence-electron chi connectivity index (χ1n) is 10.1. The number of aromatic nitrogens is 2. The molecule has 6 heteroatoms. The Bertz CT molecular complexity index is 1470. The number of fused-ring (bicyclic) bond motifs is 2. The lowest BCUT2D eigenvalue weighted by Crippen LogP contribution is -2.41. The minimum Gasteiger partial charge on any atom is -0.267 e. The first-order valence-corrected chi connectivity index (χ1v) is 10.1. The fraction of sp³-hybridized carbons (Fsp3) is 0. The third-order valence-corrected chi connectivity index (χ3v) is 5.19. The lowest BCUT2D eigenvalue weighted by molar-refractivity contribution is 0.0847. The van der Waals surface area contributed by atoms with Gasteiger partial charge >= 0.3 is 0 Å². The number of nitrogens with zero attached hydrogens (tertiary/aromatic N) is 2. The molecule has 0 fully saturated rings. The molecule has 5 rings (SSSR count). The van der Waals surface area contributed by atoms with Gasteiger partial charge in [0.15, 0.2) is 0 Å². The smallest absolute Gasteiger partial charge is 0.267 e. The first-order chi connectivity index (χ1) is 15.7. The summed E-state index contributed by atoms with van der Waals surface area (Å²) in [6.45, 7) is 0. The SMILES string of the molecule is O=C(NNC(=O)c1cc(-c2ccccn2)nc2ccccc12)c1ccc2ccccc2c1. The number of benzene rings is 3. The fourth-order valence-corrected chi connectivity index (χ4v) is 3.59. The van der Waals surface area contributed by atoms with Crippen molar-refractivity contribution in [2.24, 2.45) is 0 Å². The number of hydrogen-bond acceptors (Lipinski definition) is 4. The maximum atomic E-state index is 13.0. The van der Waals surface area contributed by atoms with Gasteiger partial charge in [0.05, 0.1) is 22.5 Å². The minimum atomic E-state index is -0.435. The van der Waals surface area contributed by atoms with Gasteiger partial charge in [-0.05, 0) is 47.2 Å². The van der Waals surface area contributed by atoms with E-state index in [9.17, 15) is 9.59 Å². The molecule has 2 heterocycles. The van der Waals surface area contributed by atoms with Gasteiger partial charge < -0.3 is 0 Å². The van der Waals surface area contributed by atoms with E-state index in [0.29, 0.717) is 33.4 Å². The molecule has 0 aliphatic heterocycles. The summed E-state index contributed by atoms with van der Waals surface area (Å²) in [4.78, 5) is 34.6. The van der Waals surface area contributed by atoms with Crippen LogP contribution in [-0.2, 0) is 0 Å². The highest BCUT2D eigenvalue weighted by molar-refractivity contribution is 6.08. The minimum absolute atomic E-state index is 0.396. The lowest BCUT2D eigenvalue weighted by atomic mass is 10.1. The zero-order valence-electron chi connectivity index (χ0n) is 16.9. The molecule has 2 amide bonds. The summed E-state index contributed by atoms with van der Waals surface area (Å²) in [6.07, 6.45) is 1.68. The second-order valence-corrected chi connectivity index (χ2v) is 7.26. The molecule has 0 spiro atoms. The number of carbonyl (C=O) groups is 2. The first kappa shape index (κ1) is 19.4. The Labute approximate surface area is 183 Å². The normalized spacial score (nSPS) is 10.8. The van der Waals surface area contributed by atoms with Crippen molar-refractivity contribution in [1.82, 2.24) is 20.8 Å². The molecule has 0 radical (unpaired) electrons. The Balaban J connectivity index is 1.42. The highest BCUT2D eigenvalue weighted by Crippen LogP contribution is 2.23. The lowest BCUT2D eigenvalue weighted by Gasteiger charge is -2.11. The Morgan fingerprint density at radius 1 is 0.656 bits per heavy atom. The molecule has 5 aromatic rings. The van der Waals surface area contributed by atoms with Gasteiger partial charge in [-0.3, -0.25) is 25.4 Å². The maximum Gasteiger partial charge on any atom is 0.270 e. The van der Waals surface area contributed by atoms with Gasteiger partial charge in [0.2, 0.25) is 0 Å².